The zero-order chi connectivity index (χ0) is 19.0. The third-order valence-corrected chi connectivity index (χ3v) is 4.28. The lowest BCUT2D eigenvalue weighted by molar-refractivity contribution is -0.224. The van der Waals surface area contributed by atoms with Crippen LogP contribution in [-0.2, 0) is 6.18 Å². The number of nitrogens with two attached hydrogens (primary N) is 1. The molecule has 0 fully saturated rings. The number of hydrogen-bond donors (Lipinski definition) is 1. The van der Waals surface area contributed by atoms with Crippen LogP contribution in [0, 0.1) is 0 Å². The Labute approximate surface area is 140 Å². The molecule has 136 valence electrons. The Morgan fingerprint density at radius 2 is 1.65 bits per heavy atom. The number of rotatable bonds is 0. The second-order valence-electron chi connectivity index (χ2n) is 5.84. The zero-order valence-corrected chi connectivity index (χ0v) is 12.6. The summed E-state index contributed by atoms with van der Waals surface area (Å²) in [5.74, 6) is 0. The molecule has 1 unspecified atom stereocenters. The van der Waals surface area contributed by atoms with Crippen LogP contribution < -0.4 is 16.1 Å². The van der Waals surface area contributed by atoms with Gasteiger partial charge in [-0.15, -0.1) is 4.73 Å². The number of anilines is 1. The van der Waals surface area contributed by atoms with Crippen LogP contribution in [0.5, 0.6) is 0 Å². The molecule has 1 aromatic heterocycles. The van der Waals surface area contributed by atoms with Gasteiger partial charge in [0.15, 0.2) is 0 Å². The maximum atomic E-state index is 13.4. The molecule has 4 rings (SSSR count). The zero-order valence-electron chi connectivity index (χ0n) is 12.6. The largest absolute Gasteiger partial charge is 0.432 e. The van der Waals surface area contributed by atoms with Crippen molar-refractivity contribution in [2.45, 2.75) is 18.5 Å². The molecular formula is C16H8F6N2O2. The number of hydrogen-bond acceptors (Lipinski definition) is 3. The van der Waals surface area contributed by atoms with Crippen molar-refractivity contribution in [3.8, 4) is 0 Å². The highest BCUT2D eigenvalue weighted by atomic mass is 19.4. The SMILES string of the molecule is Nc1ccc2c3c1ccc1c(C(F)(F)F)cc(=O)n(c13)OC2C(F)(F)F. The topological polar surface area (TPSA) is 57.2 Å². The minimum atomic E-state index is -4.88. The standard InChI is InChI=1S/C16H8F6N2O2/c17-15(18,19)9-5-11(25)24-13-6(9)1-2-7-10(23)4-3-8(12(7)13)14(26-24)16(20,21)22/h1-5,14H,23H2. The lowest BCUT2D eigenvalue weighted by Gasteiger charge is -2.30. The Balaban J connectivity index is 2.28. The quantitative estimate of drug-likeness (QED) is 0.370. The summed E-state index contributed by atoms with van der Waals surface area (Å²) >= 11 is 0. The molecule has 10 heteroatoms. The van der Waals surface area contributed by atoms with E-state index in [1.54, 1.807) is 0 Å². The van der Waals surface area contributed by atoms with E-state index in [0.29, 0.717) is 0 Å². The molecule has 1 atom stereocenters. The van der Waals surface area contributed by atoms with E-state index in [9.17, 15) is 31.1 Å². The highest BCUT2D eigenvalue weighted by Gasteiger charge is 2.47. The van der Waals surface area contributed by atoms with Crippen LogP contribution >= 0.6 is 0 Å². The number of nitrogens with zero attached hydrogens (tertiary/aromatic N) is 1. The van der Waals surface area contributed by atoms with Crippen LogP contribution in [0.15, 0.2) is 35.1 Å². The molecule has 0 spiro atoms. The van der Waals surface area contributed by atoms with Gasteiger partial charge in [0.25, 0.3) is 5.56 Å². The summed E-state index contributed by atoms with van der Waals surface area (Å²) in [5, 5.41) is -0.517. The van der Waals surface area contributed by atoms with E-state index >= 15 is 0 Å². The fourth-order valence-corrected chi connectivity index (χ4v) is 3.23. The van der Waals surface area contributed by atoms with Crippen LogP contribution in [0.1, 0.15) is 17.2 Å². The molecule has 0 aliphatic carbocycles. The van der Waals surface area contributed by atoms with Gasteiger partial charge in [-0.1, -0.05) is 18.2 Å². The van der Waals surface area contributed by atoms with Gasteiger partial charge in [0.05, 0.1) is 5.56 Å². The molecule has 3 aromatic rings. The average molecular weight is 374 g/mol. The van der Waals surface area contributed by atoms with Crippen molar-refractivity contribution in [3.05, 3.63) is 51.8 Å². The minimum Gasteiger partial charge on any atom is -0.398 e. The first-order chi connectivity index (χ1) is 12.0. The molecule has 1 aliphatic rings. The number of nitrogen functional groups attached to an aromatic ring is 1. The Hall–Kier alpha value is -2.91. The van der Waals surface area contributed by atoms with E-state index in [-0.39, 0.29) is 32.8 Å². The molecule has 2 aromatic carbocycles. The number of pyridine rings is 1. The van der Waals surface area contributed by atoms with E-state index in [0.717, 1.165) is 12.1 Å². The van der Waals surface area contributed by atoms with Crippen LogP contribution in [-0.4, -0.2) is 10.9 Å². The van der Waals surface area contributed by atoms with Crippen molar-refractivity contribution in [1.29, 1.82) is 0 Å². The fraction of sp³-hybridized carbons (Fsp3) is 0.188. The van der Waals surface area contributed by atoms with Crippen molar-refractivity contribution in [3.63, 3.8) is 0 Å². The highest BCUT2D eigenvalue weighted by Crippen LogP contribution is 2.45. The van der Waals surface area contributed by atoms with Gasteiger partial charge in [-0.3, -0.25) is 4.79 Å². The summed E-state index contributed by atoms with van der Waals surface area (Å²) in [4.78, 5) is 16.9. The summed E-state index contributed by atoms with van der Waals surface area (Å²) in [6.45, 7) is 0. The molecule has 0 amide bonds. The van der Waals surface area contributed by atoms with Crippen LogP contribution in [0.25, 0.3) is 21.7 Å². The van der Waals surface area contributed by atoms with Gasteiger partial charge < -0.3 is 10.6 Å². The first kappa shape index (κ1) is 16.6. The van der Waals surface area contributed by atoms with Gasteiger partial charge in [0, 0.05) is 33.5 Å². The van der Waals surface area contributed by atoms with Crippen molar-refractivity contribution in [2.75, 3.05) is 5.73 Å². The first-order valence-corrected chi connectivity index (χ1v) is 7.22. The summed E-state index contributed by atoms with van der Waals surface area (Å²) < 4.78 is 80.3. The first-order valence-electron chi connectivity index (χ1n) is 7.22. The minimum absolute atomic E-state index is 0.0740. The summed E-state index contributed by atoms with van der Waals surface area (Å²) in [5.41, 5.74) is 2.47. The predicted octanol–water partition coefficient (Wildman–Crippen LogP) is 3.80. The van der Waals surface area contributed by atoms with E-state index in [1.165, 1.54) is 12.1 Å². The summed E-state index contributed by atoms with van der Waals surface area (Å²) in [6, 6.07) is 4.75. The van der Waals surface area contributed by atoms with Crippen LogP contribution in [0.4, 0.5) is 32.0 Å². The van der Waals surface area contributed by atoms with Crippen LogP contribution in [0.2, 0.25) is 0 Å². The maximum Gasteiger partial charge on any atom is 0.432 e. The second-order valence-corrected chi connectivity index (χ2v) is 5.84. The highest BCUT2D eigenvalue weighted by molar-refractivity contribution is 6.12. The molecule has 0 bridgehead atoms. The summed E-state index contributed by atoms with van der Waals surface area (Å²) in [6.07, 6.45) is -12.3. The number of aromatic nitrogens is 1. The monoisotopic (exact) mass is 374 g/mol. The Bertz CT molecular complexity index is 1130. The average Bonchev–Trinajstić information content (AvgIpc) is 2.53. The van der Waals surface area contributed by atoms with Gasteiger partial charge in [-0.2, -0.15) is 26.3 Å². The molecular weight excluding hydrogens is 366 g/mol. The van der Waals surface area contributed by atoms with E-state index in [1.807, 2.05) is 0 Å². The Morgan fingerprint density at radius 1 is 1.00 bits per heavy atom. The number of halogens is 6. The lowest BCUT2D eigenvalue weighted by Crippen LogP contribution is -2.39. The number of alkyl halides is 6. The molecule has 0 radical (unpaired) electrons. The Kier molecular flexibility index (Phi) is 3.08. The van der Waals surface area contributed by atoms with Gasteiger partial charge in [0.2, 0.25) is 6.10 Å². The molecule has 2 N–H and O–H groups in total. The van der Waals surface area contributed by atoms with Crippen molar-refractivity contribution in [1.82, 2.24) is 4.73 Å². The molecule has 0 saturated carbocycles. The van der Waals surface area contributed by atoms with E-state index in [4.69, 9.17) is 10.6 Å². The maximum absolute atomic E-state index is 13.4. The smallest absolute Gasteiger partial charge is 0.398 e. The third-order valence-electron chi connectivity index (χ3n) is 4.28. The van der Waals surface area contributed by atoms with Crippen molar-refractivity contribution >= 4 is 27.4 Å². The fourth-order valence-electron chi connectivity index (χ4n) is 3.23. The molecule has 2 heterocycles. The van der Waals surface area contributed by atoms with Crippen molar-refractivity contribution < 1.29 is 31.2 Å². The number of benzene rings is 2. The van der Waals surface area contributed by atoms with Crippen LogP contribution in [0.3, 0.4) is 0 Å². The van der Waals surface area contributed by atoms with Crippen molar-refractivity contribution in [2.24, 2.45) is 0 Å². The molecule has 0 saturated heterocycles. The molecule has 1 aliphatic heterocycles. The van der Waals surface area contributed by atoms with Gasteiger partial charge in [-0.05, 0) is 6.07 Å². The normalized spacial score (nSPS) is 17.1. The predicted molar refractivity (Wildman–Crippen MR) is 80.5 cm³/mol. The lowest BCUT2D eigenvalue weighted by atomic mass is 9.94. The Morgan fingerprint density at radius 3 is 2.27 bits per heavy atom. The van der Waals surface area contributed by atoms with Gasteiger partial charge >= 0.3 is 12.4 Å². The third kappa shape index (κ3) is 2.14. The van der Waals surface area contributed by atoms with Gasteiger partial charge in [0.1, 0.15) is 5.52 Å². The molecule has 26 heavy (non-hydrogen) atoms. The molecule has 4 nitrogen and oxygen atoms in total. The summed E-state index contributed by atoms with van der Waals surface area (Å²) in [7, 11) is 0. The van der Waals surface area contributed by atoms with Gasteiger partial charge in [-0.25, -0.2) is 0 Å². The van der Waals surface area contributed by atoms with E-state index < -0.39 is 40.5 Å². The van der Waals surface area contributed by atoms with E-state index in [2.05, 4.69) is 0 Å². The second kappa shape index (κ2) is 4.83.